The second kappa shape index (κ2) is 5.52. The Bertz CT molecular complexity index is 415. The van der Waals surface area contributed by atoms with E-state index in [1.54, 1.807) is 11.3 Å². The molecule has 3 rings (SSSR count). The zero-order valence-electron chi connectivity index (χ0n) is 11.0. The largest absolute Gasteiger partial charge is 0.307 e. The van der Waals surface area contributed by atoms with E-state index in [0.717, 1.165) is 16.3 Å². The van der Waals surface area contributed by atoms with Crippen molar-refractivity contribution in [2.75, 3.05) is 0 Å². The van der Waals surface area contributed by atoms with Gasteiger partial charge in [0.1, 0.15) is 0 Å². The summed E-state index contributed by atoms with van der Waals surface area (Å²) < 4.78 is 0.960. The van der Waals surface area contributed by atoms with Crippen molar-refractivity contribution in [1.29, 1.82) is 0 Å². The molecule has 0 bridgehead atoms. The molecule has 0 saturated heterocycles. The van der Waals surface area contributed by atoms with Crippen molar-refractivity contribution in [3.63, 3.8) is 0 Å². The van der Waals surface area contributed by atoms with Crippen LogP contribution in [0.4, 0.5) is 0 Å². The van der Waals surface area contributed by atoms with Crippen molar-refractivity contribution in [2.24, 2.45) is 5.92 Å². The molecule has 0 amide bonds. The molecule has 2 aliphatic carbocycles. The van der Waals surface area contributed by atoms with Crippen LogP contribution in [0.3, 0.4) is 0 Å². The fourth-order valence-corrected chi connectivity index (χ4v) is 4.96. The number of hydrogen-bond acceptors (Lipinski definition) is 2. The van der Waals surface area contributed by atoms with E-state index < -0.39 is 0 Å². The Morgan fingerprint density at radius 1 is 1.39 bits per heavy atom. The van der Waals surface area contributed by atoms with Gasteiger partial charge in [-0.15, -0.1) is 11.3 Å². The van der Waals surface area contributed by atoms with Gasteiger partial charge in [0.2, 0.25) is 0 Å². The van der Waals surface area contributed by atoms with E-state index in [1.807, 2.05) is 0 Å². The van der Waals surface area contributed by atoms with Crippen LogP contribution in [0.15, 0.2) is 6.07 Å². The number of hydrogen-bond donors (Lipinski definition) is 1. The number of halogens is 1. The molecule has 3 unspecified atom stereocenters. The van der Waals surface area contributed by atoms with Gasteiger partial charge in [0.15, 0.2) is 0 Å². The van der Waals surface area contributed by atoms with Crippen molar-refractivity contribution in [3.8, 4) is 0 Å². The molecule has 0 aliphatic heterocycles. The Hall–Kier alpha value is -0.0500. The molecule has 1 aromatic rings. The second-order valence-corrected chi connectivity index (χ2v) is 7.59. The summed E-state index contributed by atoms with van der Waals surface area (Å²) in [5.41, 5.74) is 1.49. The van der Waals surface area contributed by atoms with Crippen LogP contribution in [-0.2, 0) is 6.42 Å². The molecule has 2 aliphatic rings. The molecule has 3 heteroatoms. The highest BCUT2D eigenvalue weighted by molar-refractivity contribution is 7.16. The van der Waals surface area contributed by atoms with Gasteiger partial charge in [-0.3, -0.25) is 0 Å². The molecular formula is C15H22ClNS. The molecular weight excluding hydrogens is 262 g/mol. The first kappa shape index (κ1) is 13.0. The first-order valence-electron chi connectivity index (χ1n) is 7.30. The maximum Gasteiger partial charge on any atom is 0.0934 e. The fraction of sp³-hybridized carbons (Fsp3) is 0.733. The molecule has 1 heterocycles. The van der Waals surface area contributed by atoms with Gasteiger partial charge < -0.3 is 5.32 Å². The minimum absolute atomic E-state index is 0.573. The van der Waals surface area contributed by atoms with Gasteiger partial charge in [-0.2, -0.15) is 0 Å². The third-order valence-corrected chi connectivity index (χ3v) is 5.98. The smallest absolute Gasteiger partial charge is 0.0934 e. The maximum absolute atomic E-state index is 6.12. The van der Waals surface area contributed by atoms with Crippen molar-refractivity contribution in [2.45, 2.75) is 64.0 Å². The molecule has 18 heavy (non-hydrogen) atoms. The van der Waals surface area contributed by atoms with E-state index in [9.17, 15) is 0 Å². The quantitative estimate of drug-likeness (QED) is 0.828. The van der Waals surface area contributed by atoms with E-state index in [4.69, 9.17) is 11.6 Å². The first-order chi connectivity index (χ1) is 8.76. The van der Waals surface area contributed by atoms with Gasteiger partial charge >= 0.3 is 0 Å². The maximum atomic E-state index is 6.12. The number of aryl methyl sites for hydroxylation is 1. The fourth-order valence-electron chi connectivity index (χ4n) is 3.60. The Kier molecular flexibility index (Phi) is 3.97. The molecule has 1 saturated carbocycles. The highest BCUT2D eigenvalue weighted by Crippen LogP contribution is 2.40. The lowest BCUT2D eigenvalue weighted by Crippen LogP contribution is -2.36. The van der Waals surface area contributed by atoms with Crippen LogP contribution < -0.4 is 5.32 Å². The van der Waals surface area contributed by atoms with Crippen molar-refractivity contribution >= 4 is 22.9 Å². The van der Waals surface area contributed by atoms with E-state index in [2.05, 4.69) is 18.3 Å². The Morgan fingerprint density at radius 2 is 2.28 bits per heavy atom. The molecule has 1 N–H and O–H groups in total. The standard InChI is InChI=1S/C15H22ClNS/c1-2-10-4-3-5-11(8-10)17-13-6-7-14-12(13)9-15(16)18-14/h9-11,13,17H,2-8H2,1H3. The Balaban J connectivity index is 1.63. The summed E-state index contributed by atoms with van der Waals surface area (Å²) >= 11 is 7.90. The van der Waals surface area contributed by atoms with Gasteiger partial charge in [0, 0.05) is 17.0 Å². The van der Waals surface area contributed by atoms with E-state index in [-0.39, 0.29) is 0 Å². The summed E-state index contributed by atoms with van der Waals surface area (Å²) in [5.74, 6) is 0.947. The lowest BCUT2D eigenvalue weighted by molar-refractivity contribution is 0.261. The SMILES string of the molecule is CCC1CCCC(NC2CCc3sc(Cl)cc32)C1. The van der Waals surface area contributed by atoms with Gasteiger partial charge in [-0.1, -0.05) is 37.8 Å². The first-order valence-corrected chi connectivity index (χ1v) is 8.50. The zero-order chi connectivity index (χ0) is 12.5. The van der Waals surface area contributed by atoms with Gasteiger partial charge in [-0.05, 0) is 43.2 Å². The molecule has 0 radical (unpaired) electrons. The molecule has 1 nitrogen and oxygen atoms in total. The summed E-state index contributed by atoms with van der Waals surface area (Å²) in [6.07, 6.45) is 9.41. The van der Waals surface area contributed by atoms with Crippen LogP contribution in [0.2, 0.25) is 4.34 Å². The van der Waals surface area contributed by atoms with Crippen LogP contribution in [0.5, 0.6) is 0 Å². The van der Waals surface area contributed by atoms with Crippen molar-refractivity contribution < 1.29 is 0 Å². The number of fused-ring (bicyclic) bond motifs is 1. The minimum Gasteiger partial charge on any atom is -0.307 e. The van der Waals surface area contributed by atoms with E-state index in [1.165, 1.54) is 55.4 Å². The molecule has 0 spiro atoms. The lowest BCUT2D eigenvalue weighted by Gasteiger charge is -2.31. The molecule has 3 atom stereocenters. The van der Waals surface area contributed by atoms with Crippen LogP contribution >= 0.6 is 22.9 Å². The van der Waals surface area contributed by atoms with E-state index >= 15 is 0 Å². The van der Waals surface area contributed by atoms with E-state index in [0.29, 0.717) is 6.04 Å². The third kappa shape index (κ3) is 2.61. The summed E-state index contributed by atoms with van der Waals surface area (Å²) in [6, 6.07) is 3.49. The molecule has 100 valence electrons. The van der Waals surface area contributed by atoms with Gasteiger partial charge in [0.25, 0.3) is 0 Å². The number of nitrogens with one attached hydrogen (secondary N) is 1. The van der Waals surface area contributed by atoms with Crippen LogP contribution in [0.25, 0.3) is 0 Å². The normalized spacial score (nSPS) is 31.6. The third-order valence-electron chi connectivity index (χ3n) is 4.64. The van der Waals surface area contributed by atoms with Crippen molar-refractivity contribution in [1.82, 2.24) is 5.32 Å². The van der Waals surface area contributed by atoms with Gasteiger partial charge in [0.05, 0.1) is 4.34 Å². The number of rotatable bonds is 3. The summed E-state index contributed by atoms with van der Waals surface area (Å²) in [6.45, 7) is 2.33. The van der Waals surface area contributed by atoms with Crippen LogP contribution in [0, 0.1) is 5.92 Å². The van der Waals surface area contributed by atoms with Gasteiger partial charge in [-0.25, -0.2) is 0 Å². The summed E-state index contributed by atoms with van der Waals surface area (Å²) in [5, 5.41) is 3.90. The monoisotopic (exact) mass is 283 g/mol. The highest BCUT2D eigenvalue weighted by atomic mass is 35.5. The Labute approximate surface area is 119 Å². The predicted molar refractivity (Wildman–Crippen MR) is 79.6 cm³/mol. The molecule has 0 aromatic carbocycles. The van der Waals surface area contributed by atoms with Crippen molar-refractivity contribution in [3.05, 3.63) is 20.8 Å². The second-order valence-electron chi connectivity index (χ2n) is 5.82. The number of thiophene rings is 1. The topological polar surface area (TPSA) is 12.0 Å². The average molecular weight is 284 g/mol. The molecule has 1 aromatic heterocycles. The average Bonchev–Trinajstić information content (AvgIpc) is 2.90. The zero-order valence-corrected chi connectivity index (χ0v) is 12.6. The van der Waals surface area contributed by atoms with Crippen LogP contribution in [-0.4, -0.2) is 6.04 Å². The lowest BCUT2D eigenvalue weighted by atomic mass is 9.84. The Morgan fingerprint density at radius 3 is 3.11 bits per heavy atom. The predicted octanol–water partition coefficient (Wildman–Crippen LogP) is 4.95. The summed E-state index contributed by atoms with van der Waals surface area (Å²) in [4.78, 5) is 1.51. The summed E-state index contributed by atoms with van der Waals surface area (Å²) in [7, 11) is 0. The minimum atomic E-state index is 0.573. The highest BCUT2D eigenvalue weighted by Gasteiger charge is 2.29. The van der Waals surface area contributed by atoms with Crippen LogP contribution in [0.1, 0.15) is 61.9 Å². The molecule has 1 fully saturated rings.